The summed E-state index contributed by atoms with van der Waals surface area (Å²) < 4.78 is 0.825. The number of benzene rings is 2. The number of aromatic nitrogens is 2. The van der Waals surface area contributed by atoms with Gasteiger partial charge in [-0.05, 0) is 46.1 Å². The van der Waals surface area contributed by atoms with E-state index in [1.807, 2.05) is 36.4 Å². The second-order valence-electron chi connectivity index (χ2n) is 5.73. The van der Waals surface area contributed by atoms with Crippen LogP contribution in [-0.4, -0.2) is 22.4 Å². The number of para-hydroxylation sites is 2. The largest absolute Gasteiger partial charge is 0.326 e. The number of hydrogen-bond acceptors (Lipinski definition) is 4. The summed E-state index contributed by atoms with van der Waals surface area (Å²) in [6.45, 7) is 0.849. The van der Waals surface area contributed by atoms with Gasteiger partial charge in [-0.1, -0.05) is 30.3 Å². The quantitative estimate of drug-likeness (QED) is 0.723. The molecule has 2 aromatic carbocycles. The van der Waals surface area contributed by atoms with Crippen LogP contribution in [0.25, 0.3) is 0 Å². The fraction of sp³-hybridized carbons (Fsp3) is 0.105. The SMILES string of the molecule is O=C(Nc1ccccc1Br)c1cc(N2CCc3ccccc32)ncn1. The van der Waals surface area contributed by atoms with E-state index in [1.165, 1.54) is 11.9 Å². The van der Waals surface area contributed by atoms with Gasteiger partial charge < -0.3 is 10.2 Å². The molecule has 2 heterocycles. The second kappa shape index (κ2) is 6.64. The van der Waals surface area contributed by atoms with Crippen LogP contribution in [0.2, 0.25) is 0 Å². The Morgan fingerprint density at radius 1 is 1.08 bits per heavy atom. The molecule has 4 rings (SSSR count). The van der Waals surface area contributed by atoms with Crippen LogP contribution < -0.4 is 10.2 Å². The lowest BCUT2D eigenvalue weighted by atomic mass is 10.2. The topological polar surface area (TPSA) is 58.1 Å². The number of hydrogen-bond donors (Lipinski definition) is 1. The average Bonchev–Trinajstić information content (AvgIpc) is 3.08. The first-order chi connectivity index (χ1) is 12.2. The van der Waals surface area contributed by atoms with Crippen LogP contribution in [0.1, 0.15) is 16.1 Å². The number of nitrogens with one attached hydrogen (secondary N) is 1. The maximum absolute atomic E-state index is 12.5. The minimum absolute atomic E-state index is 0.261. The maximum Gasteiger partial charge on any atom is 0.274 e. The van der Waals surface area contributed by atoms with E-state index in [4.69, 9.17) is 0 Å². The number of halogens is 1. The molecule has 124 valence electrons. The van der Waals surface area contributed by atoms with Gasteiger partial charge in [0.1, 0.15) is 17.8 Å². The summed E-state index contributed by atoms with van der Waals surface area (Å²) in [6, 6.07) is 17.5. The summed E-state index contributed by atoms with van der Waals surface area (Å²) in [7, 11) is 0. The first-order valence-electron chi connectivity index (χ1n) is 7.96. The molecule has 1 N–H and O–H groups in total. The molecule has 0 aliphatic carbocycles. The number of anilines is 3. The van der Waals surface area contributed by atoms with Crippen LogP contribution in [0.4, 0.5) is 17.2 Å². The smallest absolute Gasteiger partial charge is 0.274 e. The Bertz CT molecular complexity index is 944. The van der Waals surface area contributed by atoms with Crippen molar-refractivity contribution in [3.05, 3.63) is 76.7 Å². The first kappa shape index (κ1) is 15.8. The number of amides is 1. The van der Waals surface area contributed by atoms with Gasteiger partial charge in [0.05, 0.1) is 5.69 Å². The lowest BCUT2D eigenvalue weighted by molar-refractivity contribution is 0.102. The van der Waals surface area contributed by atoms with Gasteiger partial charge in [-0.25, -0.2) is 9.97 Å². The van der Waals surface area contributed by atoms with Crippen molar-refractivity contribution in [1.29, 1.82) is 0 Å². The third-order valence-corrected chi connectivity index (χ3v) is 4.86. The molecule has 0 saturated heterocycles. The Hall–Kier alpha value is -2.73. The van der Waals surface area contributed by atoms with Gasteiger partial charge in [0.2, 0.25) is 0 Å². The summed E-state index contributed by atoms with van der Waals surface area (Å²) in [4.78, 5) is 23.1. The Morgan fingerprint density at radius 3 is 2.76 bits per heavy atom. The molecule has 0 bridgehead atoms. The van der Waals surface area contributed by atoms with E-state index < -0.39 is 0 Å². The van der Waals surface area contributed by atoms with Gasteiger partial charge in [-0.15, -0.1) is 0 Å². The Kier molecular flexibility index (Phi) is 4.19. The molecule has 0 radical (unpaired) electrons. The molecule has 0 unspecified atom stereocenters. The molecule has 1 amide bonds. The highest BCUT2D eigenvalue weighted by Crippen LogP contribution is 2.33. The van der Waals surface area contributed by atoms with Crippen LogP contribution >= 0.6 is 15.9 Å². The maximum atomic E-state index is 12.5. The summed E-state index contributed by atoms with van der Waals surface area (Å²) >= 11 is 3.43. The standard InChI is InChI=1S/C19H15BrN4O/c20-14-6-2-3-7-15(14)23-19(25)16-11-18(22-12-21-16)24-10-9-13-5-1-4-8-17(13)24/h1-8,11-12H,9-10H2,(H,23,25). The highest BCUT2D eigenvalue weighted by atomic mass is 79.9. The van der Waals surface area contributed by atoms with Gasteiger partial charge in [-0.2, -0.15) is 0 Å². The van der Waals surface area contributed by atoms with Gasteiger partial charge in [0, 0.05) is 22.8 Å². The van der Waals surface area contributed by atoms with Gasteiger partial charge in [0.25, 0.3) is 5.91 Å². The number of fused-ring (bicyclic) bond motifs is 1. The third-order valence-electron chi connectivity index (χ3n) is 4.17. The minimum Gasteiger partial charge on any atom is -0.326 e. The van der Waals surface area contributed by atoms with Crippen molar-refractivity contribution in [1.82, 2.24) is 9.97 Å². The van der Waals surface area contributed by atoms with Crippen molar-refractivity contribution in [3.63, 3.8) is 0 Å². The molecular formula is C19H15BrN4O. The average molecular weight is 395 g/mol. The summed E-state index contributed by atoms with van der Waals surface area (Å²) in [5.41, 5.74) is 3.48. The lowest BCUT2D eigenvalue weighted by Crippen LogP contribution is -2.18. The zero-order valence-corrected chi connectivity index (χ0v) is 14.9. The monoisotopic (exact) mass is 394 g/mol. The molecule has 25 heavy (non-hydrogen) atoms. The molecule has 1 aliphatic heterocycles. The van der Waals surface area contributed by atoms with Crippen molar-refractivity contribution >= 4 is 39.0 Å². The number of nitrogens with zero attached hydrogens (tertiary/aromatic N) is 3. The fourth-order valence-corrected chi connectivity index (χ4v) is 3.33. The van der Waals surface area contributed by atoms with Crippen LogP contribution in [-0.2, 0) is 6.42 Å². The van der Waals surface area contributed by atoms with E-state index in [2.05, 4.69) is 48.2 Å². The first-order valence-corrected chi connectivity index (χ1v) is 8.75. The van der Waals surface area contributed by atoms with Gasteiger partial charge >= 0.3 is 0 Å². The third kappa shape index (κ3) is 3.13. The predicted molar refractivity (Wildman–Crippen MR) is 101 cm³/mol. The van der Waals surface area contributed by atoms with Crippen molar-refractivity contribution in [3.8, 4) is 0 Å². The van der Waals surface area contributed by atoms with Crippen molar-refractivity contribution < 1.29 is 4.79 Å². The van der Waals surface area contributed by atoms with E-state index in [-0.39, 0.29) is 5.91 Å². The molecule has 3 aromatic rings. The van der Waals surface area contributed by atoms with Crippen molar-refractivity contribution in [2.24, 2.45) is 0 Å². The Labute approximate surface area is 153 Å². The van der Waals surface area contributed by atoms with E-state index >= 15 is 0 Å². The number of carbonyl (C=O) groups is 1. The molecule has 1 aromatic heterocycles. The van der Waals surface area contributed by atoms with Gasteiger partial charge in [-0.3, -0.25) is 4.79 Å². The van der Waals surface area contributed by atoms with Crippen LogP contribution in [0, 0.1) is 0 Å². The van der Waals surface area contributed by atoms with E-state index in [9.17, 15) is 4.79 Å². The zero-order valence-electron chi connectivity index (χ0n) is 13.3. The van der Waals surface area contributed by atoms with Gasteiger partial charge in [0.15, 0.2) is 0 Å². The van der Waals surface area contributed by atoms with Crippen LogP contribution in [0.5, 0.6) is 0 Å². The second-order valence-corrected chi connectivity index (χ2v) is 6.58. The highest BCUT2D eigenvalue weighted by molar-refractivity contribution is 9.10. The summed E-state index contributed by atoms with van der Waals surface area (Å²) in [5, 5.41) is 2.87. The predicted octanol–water partition coefficient (Wildman–Crippen LogP) is 4.19. The summed E-state index contributed by atoms with van der Waals surface area (Å²) in [6.07, 6.45) is 2.41. The molecule has 0 atom stereocenters. The molecule has 0 fully saturated rings. The highest BCUT2D eigenvalue weighted by Gasteiger charge is 2.22. The molecule has 1 aliphatic rings. The zero-order chi connectivity index (χ0) is 17.2. The minimum atomic E-state index is -0.261. The molecular weight excluding hydrogens is 380 g/mol. The number of rotatable bonds is 3. The molecule has 0 spiro atoms. The van der Waals surface area contributed by atoms with Crippen molar-refractivity contribution in [2.45, 2.75) is 6.42 Å². The summed E-state index contributed by atoms with van der Waals surface area (Å²) in [5.74, 6) is 0.472. The van der Waals surface area contributed by atoms with E-state index in [1.54, 1.807) is 6.07 Å². The lowest BCUT2D eigenvalue weighted by Gasteiger charge is -2.18. The molecule has 0 saturated carbocycles. The normalized spacial score (nSPS) is 12.8. The Balaban J connectivity index is 1.60. The Morgan fingerprint density at radius 2 is 1.88 bits per heavy atom. The number of carbonyl (C=O) groups excluding carboxylic acids is 1. The van der Waals surface area contributed by atoms with E-state index in [0.29, 0.717) is 11.4 Å². The molecule has 6 heteroatoms. The van der Waals surface area contributed by atoms with Crippen LogP contribution in [0.3, 0.4) is 0 Å². The van der Waals surface area contributed by atoms with Crippen LogP contribution in [0.15, 0.2) is 65.4 Å². The van der Waals surface area contributed by atoms with E-state index in [0.717, 1.165) is 28.9 Å². The molecule has 5 nitrogen and oxygen atoms in total. The fourth-order valence-electron chi connectivity index (χ4n) is 2.94. The van der Waals surface area contributed by atoms with Crippen molar-refractivity contribution in [2.75, 3.05) is 16.8 Å².